The van der Waals surface area contributed by atoms with Crippen LogP contribution in [0.2, 0.25) is 5.02 Å². The molecule has 15 heavy (non-hydrogen) atoms. The molecule has 0 saturated carbocycles. The molecule has 0 amide bonds. The van der Waals surface area contributed by atoms with Gasteiger partial charge in [-0.3, -0.25) is 0 Å². The van der Waals surface area contributed by atoms with E-state index in [1.165, 1.54) is 6.07 Å². The van der Waals surface area contributed by atoms with Gasteiger partial charge in [0, 0.05) is 16.2 Å². The molecule has 1 aromatic rings. The molecule has 0 radical (unpaired) electrons. The third kappa shape index (κ3) is 2.80. The highest BCUT2D eigenvalue weighted by molar-refractivity contribution is 7.99. The lowest BCUT2D eigenvalue weighted by Gasteiger charge is -2.13. The quantitative estimate of drug-likeness (QED) is 0.728. The summed E-state index contributed by atoms with van der Waals surface area (Å²) in [4.78, 5) is 0. The Balaban J connectivity index is 2.10. The van der Waals surface area contributed by atoms with Crippen LogP contribution < -0.4 is 0 Å². The van der Waals surface area contributed by atoms with Crippen molar-refractivity contribution in [2.45, 2.75) is 11.8 Å². The average Bonchev–Trinajstić information content (AvgIpc) is 2.57. The van der Waals surface area contributed by atoms with Gasteiger partial charge >= 0.3 is 0 Å². The van der Waals surface area contributed by atoms with Crippen LogP contribution in [0.25, 0.3) is 0 Å². The van der Waals surface area contributed by atoms with Gasteiger partial charge in [0.05, 0.1) is 0 Å². The second kappa shape index (κ2) is 4.94. The Kier molecular flexibility index (Phi) is 3.81. The number of alkyl halides is 1. The molecular weight excluding hydrogens is 254 g/mol. The Morgan fingerprint density at radius 2 is 2.20 bits per heavy atom. The van der Waals surface area contributed by atoms with E-state index in [0.717, 1.165) is 17.1 Å². The van der Waals surface area contributed by atoms with Gasteiger partial charge in [-0.15, -0.1) is 11.6 Å². The monoisotopic (exact) mass is 264 g/mol. The van der Waals surface area contributed by atoms with E-state index in [2.05, 4.69) is 0 Å². The first-order chi connectivity index (χ1) is 7.16. The van der Waals surface area contributed by atoms with E-state index < -0.39 is 0 Å². The van der Waals surface area contributed by atoms with E-state index in [1.54, 1.807) is 12.1 Å². The molecule has 1 heterocycles. The molecule has 1 aliphatic heterocycles. The zero-order chi connectivity index (χ0) is 10.8. The van der Waals surface area contributed by atoms with Crippen LogP contribution in [0.5, 0.6) is 0 Å². The molecule has 0 N–H and O–H groups in total. The zero-order valence-corrected chi connectivity index (χ0v) is 10.4. The standard InChI is InChI=1S/C11H11Cl2FS/c12-9-2-1-7(11(14)4-9)3-8-5-15-6-10(8)13/h1-2,4,8,10H,3,5-6H2. The Bertz CT molecular complexity index is 356. The number of halogens is 3. The number of rotatable bonds is 2. The lowest BCUT2D eigenvalue weighted by Crippen LogP contribution is -2.15. The van der Waals surface area contributed by atoms with Gasteiger partial charge in [-0.25, -0.2) is 4.39 Å². The van der Waals surface area contributed by atoms with Crippen LogP contribution in [-0.4, -0.2) is 16.9 Å². The lowest BCUT2D eigenvalue weighted by atomic mass is 9.98. The van der Waals surface area contributed by atoms with Gasteiger partial charge in [-0.2, -0.15) is 11.8 Å². The summed E-state index contributed by atoms with van der Waals surface area (Å²) in [6.45, 7) is 0. The minimum absolute atomic E-state index is 0.171. The topological polar surface area (TPSA) is 0 Å². The molecule has 0 nitrogen and oxygen atoms in total. The molecule has 1 aliphatic rings. The third-order valence-electron chi connectivity index (χ3n) is 2.62. The first-order valence-corrected chi connectivity index (χ1v) is 6.79. The largest absolute Gasteiger partial charge is 0.207 e. The molecule has 82 valence electrons. The molecule has 1 saturated heterocycles. The fraction of sp³-hybridized carbons (Fsp3) is 0.455. The zero-order valence-electron chi connectivity index (χ0n) is 8.05. The van der Waals surface area contributed by atoms with Crippen LogP contribution in [0, 0.1) is 11.7 Å². The molecule has 2 unspecified atom stereocenters. The van der Waals surface area contributed by atoms with Crippen LogP contribution in [0.4, 0.5) is 4.39 Å². The van der Waals surface area contributed by atoms with Crippen LogP contribution in [0.1, 0.15) is 5.56 Å². The van der Waals surface area contributed by atoms with E-state index in [-0.39, 0.29) is 11.2 Å². The highest BCUT2D eigenvalue weighted by atomic mass is 35.5. The third-order valence-corrected chi connectivity index (χ3v) is 4.81. The predicted octanol–water partition coefficient (Wildman–Crippen LogP) is 3.99. The van der Waals surface area contributed by atoms with Gasteiger partial charge in [0.25, 0.3) is 0 Å². The summed E-state index contributed by atoms with van der Waals surface area (Å²) >= 11 is 13.7. The Labute approximate surface area is 103 Å². The highest BCUT2D eigenvalue weighted by Gasteiger charge is 2.26. The summed E-state index contributed by atoms with van der Waals surface area (Å²) < 4.78 is 13.5. The SMILES string of the molecule is Fc1cc(Cl)ccc1CC1CSCC1Cl. The van der Waals surface area contributed by atoms with Crippen molar-refractivity contribution in [3.05, 3.63) is 34.6 Å². The number of hydrogen-bond acceptors (Lipinski definition) is 1. The summed E-state index contributed by atoms with van der Waals surface area (Å²) in [7, 11) is 0. The number of thioether (sulfide) groups is 1. The molecule has 1 fully saturated rings. The van der Waals surface area contributed by atoms with Crippen molar-refractivity contribution < 1.29 is 4.39 Å². The van der Waals surface area contributed by atoms with Gasteiger partial charge in [-0.05, 0) is 35.8 Å². The van der Waals surface area contributed by atoms with Crippen LogP contribution in [-0.2, 0) is 6.42 Å². The van der Waals surface area contributed by atoms with Crippen molar-refractivity contribution in [3.63, 3.8) is 0 Å². The second-order valence-corrected chi connectivity index (χ2v) is 5.83. The van der Waals surface area contributed by atoms with E-state index in [9.17, 15) is 4.39 Å². The maximum Gasteiger partial charge on any atom is 0.127 e. The van der Waals surface area contributed by atoms with Gasteiger partial charge in [0.15, 0.2) is 0 Å². The van der Waals surface area contributed by atoms with E-state index in [1.807, 2.05) is 11.8 Å². The van der Waals surface area contributed by atoms with Gasteiger partial charge in [0.1, 0.15) is 5.82 Å². The smallest absolute Gasteiger partial charge is 0.127 e. The van der Waals surface area contributed by atoms with Gasteiger partial charge < -0.3 is 0 Å². The molecule has 2 atom stereocenters. The number of benzene rings is 1. The molecule has 0 aliphatic carbocycles. The summed E-state index contributed by atoms with van der Waals surface area (Å²) in [5.41, 5.74) is 0.720. The fourth-order valence-electron chi connectivity index (χ4n) is 1.73. The van der Waals surface area contributed by atoms with E-state index >= 15 is 0 Å². The molecule has 0 spiro atoms. The van der Waals surface area contributed by atoms with E-state index in [0.29, 0.717) is 17.4 Å². The first kappa shape index (κ1) is 11.6. The number of hydrogen-bond donors (Lipinski definition) is 0. The lowest BCUT2D eigenvalue weighted by molar-refractivity contribution is 0.557. The van der Waals surface area contributed by atoms with Crippen LogP contribution in [0.3, 0.4) is 0 Å². The molecule has 2 rings (SSSR count). The van der Waals surface area contributed by atoms with Crippen LogP contribution >= 0.6 is 35.0 Å². The first-order valence-electron chi connectivity index (χ1n) is 4.82. The second-order valence-electron chi connectivity index (χ2n) is 3.75. The Morgan fingerprint density at radius 3 is 2.80 bits per heavy atom. The fourth-order valence-corrected chi connectivity index (χ4v) is 3.73. The normalized spacial score (nSPS) is 25.8. The molecular formula is C11H11Cl2FS. The van der Waals surface area contributed by atoms with Crippen molar-refractivity contribution in [3.8, 4) is 0 Å². The van der Waals surface area contributed by atoms with Crippen molar-refractivity contribution >= 4 is 35.0 Å². The summed E-state index contributed by atoms with van der Waals surface area (Å²) in [6.07, 6.45) is 0.712. The maximum absolute atomic E-state index is 13.5. The summed E-state index contributed by atoms with van der Waals surface area (Å²) in [5, 5.41) is 0.615. The minimum atomic E-state index is -0.219. The Morgan fingerprint density at radius 1 is 1.40 bits per heavy atom. The predicted molar refractivity (Wildman–Crippen MR) is 65.6 cm³/mol. The van der Waals surface area contributed by atoms with Crippen molar-refractivity contribution in [1.29, 1.82) is 0 Å². The van der Waals surface area contributed by atoms with Crippen molar-refractivity contribution in [1.82, 2.24) is 0 Å². The van der Waals surface area contributed by atoms with Crippen LogP contribution in [0.15, 0.2) is 18.2 Å². The van der Waals surface area contributed by atoms with Gasteiger partial charge in [-0.1, -0.05) is 17.7 Å². The molecule has 0 bridgehead atoms. The molecule has 0 aromatic heterocycles. The van der Waals surface area contributed by atoms with Gasteiger partial charge in [0.2, 0.25) is 0 Å². The average molecular weight is 265 g/mol. The highest BCUT2D eigenvalue weighted by Crippen LogP contribution is 2.31. The molecule has 1 aromatic carbocycles. The molecule has 4 heteroatoms. The van der Waals surface area contributed by atoms with E-state index in [4.69, 9.17) is 23.2 Å². The maximum atomic E-state index is 13.5. The van der Waals surface area contributed by atoms with Crippen molar-refractivity contribution in [2.75, 3.05) is 11.5 Å². The summed E-state index contributed by atoms with van der Waals surface area (Å²) in [5.74, 6) is 2.16. The minimum Gasteiger partial charge on any atom is -0.207 e. The summed E-state index contributed by atoms with van der Waals surface area (Å²) in [6, 6.07) is 4.85. The van der Waals surface area contributed by atoms with Crippen molar-refractivity contribution in [2.24, 2.45) is 5.92 Å². The Hall–Kier alpha value is 0.0800.